The molecule has 0 heterocycles. The summed E-state index contributed by atoms with van der Waals surface area (Å²) in [5, 5.41) is 18.8. The van der Waals surface area contributed by atoms with Crippen LogP contribution >= 0.6 is 0 Å². The first-order valence-corrected chi connectivity index (χ1v) is 9.58. The van der Waals surface area contributed by atoms with E-state index in [0.717, 1.165) is 44.9 Å². The van der Waals surface area contributed by atoms with Crippen molar-refractivity contribution >= 4 is 11.9 Å². The molecule has 0 aliphatic heterocycles. The van der Waals surface area contributed by atoms with Crippen molar-refractivity contribution in [3.8, 4) is 0 Å². The molecule has 0 aliphatic carbocycles. The van der Waals surface area contributed by atoms with Gasteiger partial charge in [0, 0.05) is 0 Å². The monoisotopic (exact) mass is 344 g/mol. The van der Waals surface area contributed by atoms with Gasteiger partial charge in [0.2, 0.25) is 0 Å². The van der Waals surface area contributed by atoms with Gasteiger partial charge in [0.05, 0.1) is 18.9 Å². The zero-order valence-corrected chi connectivity index (χ0v) is 15.5. The van der Waals surface area contributed by atoms with Gasteiger partial charge in [0.1, 0.15) is 6.10 Å². The van der Waals surface area contributed by atoms with Crippen LogP contribution < -0.4 is 0 Å². The van der Waals surface area contributed by atoms with E-state index in [9.17, 15) is 14.7 Å². The molecule has 0 aromatic rings. The van der Waals surface area contributed by atoms with Crippen molar-refractivity contribution in [2.24, 2.45) is 0 Å². The second kappa shape index (κ2) is 15.4. The molecule has 0 aromatic carbocycles. The van der Waals surface area contributed by atoms with E-state index in [1.165, 1.54) is 12.8 Å². The third kappa shape index (κ3) is 14.5. The fraction of sp³-hybridized carbons (Fsp3) is 0.895. The van der Waals surface area contributed by atoms with E-state index in [4.69, 9.17) is 9.84 Å². The number of aliphatic hydroxyl groups excluding tert-OH is 1. The minimum atomic E-state index is -0.959. The third-order valence-corrected chi connectivity index (χ3v) is 4.12. The summed E-state index contributed by atoms with van der Waals surface area (Å²) in [6, 6.07) is 0. The molecule has 0 bridgehead atoms. The Morgan fingerprint density at radius 3 is 1.96 bits per heavy atom. The lowest BCUT2D eigenvalue weighted by atomic mass is 10.1. The topological polar surface area (TPSA) is 83.8 Å². The van der Waals surface area contributed by atoms with E-state index in [2.05, 4.69) is 13.8 Å². The number of carbonyl (C=O) groups excluding carboxylic acids is 1. The molecule has 0 aliphatic rings. The van der Waals surface area contributed by atoms with Gasteiger partial charge in [-0.3, -0.25) is 9.59 Å². The van der Waals surface area contributed by atoms with Crippen molar-refractivity contribution in [2.75, 3.05) is 0 Å². The van der Waals surface area contributed by atoms with Crippen LogP contribution in [0.25, 0.3) is 0 Å². The Kier molecular flexibility index (Phi) is 14.7. The molecule has 0 amide bonds. The molecule has 5 nitrogen and oxygen atoms in total. The number of unbranched alkanes of at least 4 members (excludes halogenated alkanes) is 7. The smallest absolute Gasteiger partial charge is 0.308 e. The van der Waals surface area contributed by atoms with Gasteiger partial charge in [-0.25, -0.2) is 0 Å². The van der Waals surface area contributed by atoms with Gasteiger partial charge in [0.15, 0.2) is 0 Å². The lowest BCUT2D eigenvalue weighted by Crippen LogP contribution is -2.24. The summed E-state index contributed by atoms with van der Waals surface area (Å²) in [7, 11) is 0. The molecular weight excluding hydrogens is 308 g/mol. The second-order valence-electron chi connectivity index (χ2n) is 6.62. The SMILES string of the molecule is CCCCCCCC(O)CC(=O)OC(CCCCCC)CC(=O)O. The summed E-state index contributed by atoms with van der Waals surface area (Å²) in [5.41, 5.74) is 0. The minimum absolute atomic E-state index is 0.0428. The summed E-state index contributed by atoms with van der Waals surface area (Å²) >= 11 is 0. The fourth-order valence-corrected chi connectivity index (χ4v) is 2.71. The van der Waals surface area contributed by atoms with E-state index in [1.807, 2.05) is 0 Å². The van der Waals surface area contributed by atoms with E-state index in [1.54, 1.807) is 0 Å². The zero-order valence-electron chi connectivity index (χ0n) is 15.5. The number of aliphatic carboxylic acids is 1. The van der Waals surface area contributed by atoms with Crippen LogP contribution in [0.2, 0.25) is 0 Å². The predicted octanol–water partition coefficient (Wildman–Crippen LogP) is 4.45. The van der Waals surface area contributed by atoms with Crippen LogP contribution in [0.5, 0.6) is 0 Å². The summed E-state index contributed by atoms with van der Waals surface area (Å²) in [6.07, 6.45) is 9.30. The highest BCUT2D eigenvalue weighted by atomic mass is 16.5. The molecule has 142 valence electrons. The Balaban J connectivity index is 4.03. The maximum Gasteiger partial charge on any atom is 0.308 e. The van der Waals surface area contributed by atoms with Gasteiger partial charge < -0.3 is 14.9 Å². The molecule has 5 heteroatoms. The molecule has 0 spiro atoms. The highest BCUT2D eigenvalue weighted by Crippen LogP contribution is 2.14. The van der Waals surface area contributed by atoms with E-state index >= 15 is 0 Å². The van der Waals surface area contributed by atoms with Gasteiger partial charge in [0.25, 0.3) is 0 Å². The van der Waals surface area contributed by atoms with Crippen molar-refractivity contribution in [2.45, 2.75) is 110 Å². The maximum absolute atomic E-state index is 11.9. The Bertz CT molecular complexity index is 330. The van der Waals surface area contributed by atoms with Crippen LogP contribution in [0.1, 0.15) is 97.3 Å². The molecule has 0 radical (unpaired) electrons. The normalized spacial score (nSPS) is 13.5. The predicted molar refractivity (Wildman–Crippen MR) is 94.9 cm³/mol. The lowest BCUT2D eigenvalue weighted by molar-refractivity contribution is -0.155. The Hall–Kier alpha value is -1.10. The fourth-order valence-electron chi connectivity index (χ4n) is 2.71. The Labute approximate surface area is 146 Å². The third-order valence-electron chi connectivity index (χ3n) is 4.12. The molecule has 0 aromatic heterocycles. The number of carbonyl (C=O) groups is 2. The van der Waals surface area contributed by atoms with Crippen molar-refractivity contribution in [3.63, 3.8) is 0 Å². The van der Waals surface area contributed by atoms with Gasteiger partial charge in [-0.1, -0.05) is 65.2 Å². The zero-order chi connectivity index (χ0) is 18.2. The summed E-state index contributed by atoms with van der Waals surface area (Å²) in [4.78, 5) is 22.8. The summed E-state index contributed by atoms with van der Waals surface area (Å²) in [5.74, 6) is -1.45. The number of rotatable bonds is 16. The molecule has 2 N–H and O–H groups in total. The van der Waals surface area contributed by atoms with Crippen LogP contribution in [0.15, 0.2) is 0 Å². The first-order valence-electron chi connectivity index (χ1n) is 9.58. The average molecular weight is 344 g/mol. The minimum Gasteiger partial charge on any atom is -0.481 e. The number of esters is 1. The number of carboxylic acid groups (broad SMARTS) is 1. The van der Waals surface area contributed by atoms with Crippen molar-refractivity contribution < 1.29 is 24.5 Å². The summed E-state index contributed by atoms with van der Waals surface area (Å²) < 4.78 is 5.28. The largest absolute Gasteiger partial charge is 0.481 e. The van der Waals surface area contributed by atoms with Gasteiger partial charge in [-0.2, -0.15) is 0 Å². The van der Waals surface area contributed by atoms with Crippen LogP contribution in [-0.4, -0.2) is 34.4 Å². The highest BCUT2D eigenvalue weighted by Gasteiger charge is 2.20. The van der Waals surface area contributed by atoms with Crippen LogP contribution in [0, 0.1) is 0 Å². The molecule has 0 fully saturated rings. The lowest BCUT2D eigenvalue weighted by Gasteiger charge is -2.17. The second-order valence-corrected chi connectivity index (χ2v) is 6.62. The molecular formula is C19H36O5. The number of hydrogen-bond donors (Lipinski definition) is 2. The Morgan fingerprint density at radius 1 is 0.833 bits per heavy atom. The number of ether oxygens (including phenoxy) is 1. The van der Waals surface area contributed by atoms with E-state index in [-0.39, 0.29) is 12.8 Å². The van der Waals surface area contributed by atoms with Gasteiger partial charge in [-0.15, -0.1) is 0 Å². The summed E-state index contributed by atoms with van der Waals surface area (Å²) in [6.45, 7) is 4.26. The average Bonchev–Trinajstić information content (AvgIpc) is 2.50. The van der Waals surface area contributed by atoms with Gasteiger partial charge >= 0.3 is 11.9 Å². The van der Waals surface area contributed by atoms with Crippen molar-refractivity contribution in [3.05, 3.63) is 0 Å². The highest BCUT2D eigenvalue weighted by molar-refractivity contribution is 5.71. The maximum atomic E-state index is 11.9. The molecule has 2 atom stereocenters. The number of carboxylic acids is 1. The number of hydrogen-bond acceptors (Lipinski definition) is 4. The molecule has 2 unspecified atom stereocenters. The molecule has 0 saturated heterocycles. The number of aliphatic hydroxyl groups is 1. The van der Waals surface area contributed by atoms with Gasteiger partial charge in [-0.05, 0) is 19.3 Å². The van der Waals surface area contributed by atoms with Crippen LogP contribution in [0.3, 0.4) is 0 Å². The first-order chi connectivity index (χ1) is 11.5. The van der Waals surface area contributed by atoms with Crippen LogP contribution in [0.4, 0.5) is 0 Å². The molecule has 0 saturated carbocycles. The Morgan fingerprint density at radius 2 is 1.38 bits per heavy atom. The standard InChI is InChI=1S/C19H36O5/c1-3-5-7-9-10-12-16(20)14-19(23)24-17(15-18(21)22)13-11-8-6-4-2/h16-17,20H,3-15H2,1-2H3,(H,21,22). The molecule has 0 rings (SSSR count). The molecule has 24 heavy (non-hydrogen) atoms. The first kappa shape index (κ1) is 22.9. The van der Waals surface area contributed by atoms with Crippen molar-refractivity contribution in [1.29, 1.82) is 0 Å². The quantitative estimate of drug-likeness (QED) is 0.319. The van der Waals surface area contributed by atoms with E-state index < -0.39 is 24.1 Å². The van der Waals surface area contributed by atoms with E-state index in [0.29, 0.717) is 12.8 Å². The van der Waals surface area contributed by atoms with Crippen molar-refractivity contribution in [1.82, 2.24) is 0 Å². The van der Waals surface area contributed by atoms with Crippen LogP contribution in [-0.2, 0) is 14.3 Å².